The number of aromatic nitrogens is 3. The average Bonchev–Trinajstić information content (AvgIpc) is 3.16. The maximum atomic E-state index is 12.8. The number of ether oxygens (including phenoxy) is 1. The molecule has 0 fully saturated rings. The van der Waals surface area contributed by atoms with E-state index in [0.717, 1.165) is 16.8 Å². The highest BCUT2D eigenvalue weighted by Gasteiger charge is 2.16. The summed E-state index contributed by atoms with van der Waals surface area (Å²) in [5.41, 5.74) is 5.36. The second-order valence-electron chi connectivity index (χ2n) is 7.82. The number of hydrogen-bond acceptors (Lipinski definition) is 4. The lowest BCUT2D eigenvalue weighted by molar-refractivity contribution is 0.102. The van der Waals surface area contributed by atoms with Gasteiger partial charge in [0.2, 0.25) is 0 Å². The molecule has 3 aromatic carbocycles. The molecule has 0 saturated heterocycles. The molecule has 1 amide bonds. The minimum atomic E-state index is -0.337. The van der Waals surface area contributed by atoms with Crippen LogP contribution in [0.1, 0.15) is 41.3 Å². The maximum Gasteiger partial charge on any atom is 0.255 e. The fourth-order valence-electron chi connectivity index (χ4n) is 3.39. The van der Waals surface area contributed by atoms with Gasteiger partial charge >= 0.3 is 0 Å². The van der Waals surface area contributed by atoms with Crippen molar-refractivity contribution in [1.29, 1.82) is 0 Å². The number of rotatable bonds is 5. The number of halogens is 2. The lowest BCUT2D eigenvalue weighted by atomic mass is 10.0. The molecule has 1 N–H and O–H groups in total. The van der Waals surface area contributed by atoms with E-state index < -0.39 is 0 Å². The van der Waals surface area contributed by atoms with Gasteiger partial charge in [0.1, 0.15) is 11.0 Å². The molecule has 1 aromatic heterocycles. The second-order valence-corrected chi connectivity index (χ2v) is 8.63. The number of hydrogen-bond donors (Lipinski definition) is 1. The SMILES string of the molecule is COc1c(Cl)cc(C(=O)Nc2cc3nn(-c4ccc(C(C)C)cc4)nc3cc2C)cc1Cl. The van der Waals surface area contributed by atoms with Gasteiger partial charge in [-0.25, -0.2) is 0 Å². The Labute approximate surface area is 196 Å². The van der Waals surface area contributed by atoms with E-state index in [-0.39, 0.29) is 16.0 Å². The van der Waals surface area contributed by atoms with Crippen molar-refractivity contribution in [3.8, 4) is 11.4 Å². The minimum Gasteiger partial charge on any atom is -0.494 e. The standard InChI is InChI=1S/C24H22Cl2N4O2/c1-13(2)15-5-7-17(8-6-15)30-28-21-9-14(3)20(12-22(21)29-30)27-24(31)16-10-18(25)23(32-4)19(26)11-16/h5-13H,1-4H3,(H,27,31). The number of carbonyl (C=O) groups excluding carboxylic acids is 1. The van der Waals surface area contributed by atoms with Crippen molar-refractivity contribution < 1.29 is 9.53 Å². The van der Waals surface area contributed by atoms with Crippen molar-refractivity contribution >= 4 is 45.8 Å². The summed E-state index contributed by atoms with van der Waals surface area (Å²) in [5, 5.41) is 12.6. The largest absolute Gasteiger partial charge is 0.494 e. The monoisotopic (exact) mass is 468 g/mol. The fraction of sp³-hybridized carbons (Fsp3) is 0.208. The van der Waals surface area contributed by atoms with Crippen molar-refractivity contribution in [3.63, 3.8) is 0 Å². The van der Waals surface area contributed by atoms with E-state index in [9.17, 15) is 4.79 Å². The lowest BCUT2D eigenvalue weighted by Crippen LogP contribution is -2.13. The zero-order chi connectivity index (χ0) is 23.0. The second kappa shape index (κ2) is 8.81. The van der Waals surface area contributed by atoms with Crippen LogP contribution in [0.2, 0.25) is 10.0 Å². The Morgan fingerprint density at radius 2 is 1.59 bits per heavy atom. The summed E-state index contributed by atoms with van der Waals surface area (Å²) in [4.78, 5) is 14.4. The first kappa shape index (κ1) is 22.1. The van der Waals surface area contributed by atoms with Gasteiger partial charge in [0, 0.05) is 11.3 Å². The predicted molar refractivity (Wildman–Crippen MR) is 129 cm³/mol. The molecule has 0 radical (unpaired) electrons. The Morgan fingerprint density at radius 1 is 1.00 bits per heavy atom. The van der Waals surface area contributed by atoms with Crippen molar-refractivity contribution in [2.75, 3.05) is 12.4 Å². The van der Waals surface area contributed by atoms with Gasteiger partial charge in [-0.15, -0.1) is 10.2 Å². The van der Waals surface area contributed by atoms with Gasteiger partial charge in [-0.05, 0) is 60.4 Å². The zero-order valence-electron chi connectivity index (χ0n) is 18.1. The molecular formula is C24H22Cl2N4O2. The molecular weight excluding hydrogens is 447 g/mol. The summed E-state index contributed by atoms with van der Waals surface area (Å²) in [6.45, 7) is 6.21. The number of nitrogens with zero attached hydrogens (tertiary/aromatic N) is 3. The molecule has 0 saturated carbocycles. The van der Waals surface area contributed by atoms with Crippen LogP contribution in [0.4, 0.5) is 5.69 Å². The summed E-state index contributed by atoms with van der Waals surface area (Å²) >= 11 is 12.3. The van der Waals surface area contributed by atoms with Crippen molar-refractivity contribution in [3.05, 3.63) is 75.3 Å². The van der Waals surface area contributed by atoms with E-state index in [1.165, 1.54) is 24.8 Å². The van der Waals surface area contributed by atoms with Crippen LogP contribution in [-0.4, -0.2) is 28.0 Å². The van der Waals surface area contributed by atoms with Crippen LogP contribution in [0, 0.1) is 6.92 Å². The molecule has 0 aliphatic heterocycles. The smallest absolute Gasteiger partial charge is 0.255 e. The van der Waals surface area contributed by atoms with Crippen LogP contribution in [0.3, 0.4) is 0 Å². The molecule has 0 atom stereocenters. The summed E-state index contributed by atoms with van der Waals surface area (Å²) in [6, 6.07) is 14.9. The lowest BCUT2D eigenvalue weighted by Gasteiger charge is -2.11. The number of anilines is 1. The summed E-state index contributed by atoms with van der Waals surface area (Å²) in [6.07, 6.45) is 0. The third-order valence-electron chi connectivity index (χ3n) is 5.23. The van der Waals surface area contributed by atoms with Crippen molar-refractivity contribution in [2.45, 2.75) is 26.7 Å². The quantitative estimate of drug-likeness (QED) is 0.366. The first-order valence-electron chi connectivity index (χ1n) is 10.1. The number of aryl methyl sites for hydroxylation is 1. The van der Waals surface area contributed by atoms with Crippen molar-refractivity contribution in [2.24, 2.45) is 0 Å². The normalized spacial score (nSPS) is 11.2. The Morgan fingerprint density at radius 3 is 2.16 bits per heavy atom. The fourth-order valence-corrected chi connectivity index (χ4v) is 4.03. The molecule has 32 heavy (non-hydrogen) atoms. The van der Waals surface area contributed by atoms with E-state index in [4.69, 9.17) is 27.9 Å². The highest BCUT2D eigenvalue weighted by atomic mass is 35.5. The van der Waals surface area contributed by atoms with Gasteiger partial charge in [0.25, 0.3) is 5.91 Å². The Kier molecular flexibility index (Phi) is 6.09. The predicted octanol–water partition coefficient (Wildman–Crippen LogP) is 6.42. The Balaban J connectivity index is 1.63. The summed E-state index contributed by atoms with van der Waals surface area (Å²) in [5.74, 6) is 0.453. The van der Waals surface area contributed by atoms with Crippen LogP contribution in [0.15, 0.2) is 48.5 Å². The first-order chi connectivity index (χ1) is 15.3. The molecule has 0 aliphatic rings. The molecule has 164 valence electrons. The van der Waals surface area contributed by atoms with Crippen LogP contribution >= 0.6 is 23.2 Å². The van der Waals surface area contributed by atoms with E-state index >= 15 is 0 Å². The van der Waals surface area contributed by atoms with E-state index in [1.54, 1.807) is 10.9 Å². The summed E-state index contributed by atoms with van der Waals surface area (Å²) < 4.78 is 5.14. The van der Waals surface area contributed by atoms with Crippen LogP contribution < -0.4 is 10.1 Å². The summed E-state index contributed by atoms with van der Waals surface area (Å²) in [7, 11) is 1.47. The molecule has 0 unspecified atom stereocenters. The van der Waals surface area contributed by atoms with E-state index in [1.807, 2.05) is 25.1 Å². The number of carbonyl (C=O) groups is 1. The van der Waals surface area contributed by atoms with Gasteiger partial charge in [-0.2, -0.15) is 4.80 Å². The number of benzene rings is 3. The first-order valence-corrected chi connectivity index (χ1v) is 10.8. The Bertz CT molecular complexity index is 1290. The van der Waals surface area contributed by atoms with E-state index in [0.29, 0.717) is 28.4 Å². The Hall–Kier alpha value is -3.09. The maximum absolute atomic E-state index is 12.8. The topological polar surface area (TPSA) is 69.0 Å². The highest BCUT2D eigenvalue weighted by molar-refractivity contribution is 6.37. The molecule has 0 spiro atoms. The molecule has 8 heteroatoms. The van der Waals surface area contributed by atoms with Crippen molar-refractivity contribution in [1.82, 2.24) is 15.0 Å². The number of fused-ring (bicyclic) bond motifs is 1. The minimum absolute atomic E-state index is 0.267. The van der Waals surface area contributed by atoms with Gasteiger partial charge in [0.05, 0.1) is 22.8 Å². The van der Waals surface area contributed by atoms with Gasteiger partial charge in [-0.3, -0.25) is 4.79 Å². The van der Waals surface area contributed by atoms with Crippen LogP contribution in [0.5, 0.6) is 5.75 Å². The molecule has 0 aliphatic carbocycles. The van der Waals surface area contributed by atoms with Gasteiger partial charge in [0.15, 0.2) is 5.75 Å². The molecule has 4 rings (SSSR count). The highest BCUT2D eigenvalue weighted by Crippen LogP contribution is 2.34. The molecule has 6 nitrogen and oxygen atoms in total. The molecule has 1 heterocycles. The van der Waals surface area contributed by atoms with Crippen LogP contribution in [-0.2, 0) is 0 Å². The zero-order valence-corrected chi connectivity index (χ0v) is 19.6. The third kappa shape index (κ3) is 4.29. The third-order valence-corrected chi connectivity index (χ3v) is 5.79. The number of methoxy groups -OCH3 is 1. The number of amides is 1. The average molecular weight is 469 g/mol. The molecule has 4 aromatic rings. The number of nitrogens with one attached hydrogen (secondary N) is 1. The van der Waals surface area contributed by atoms with Crippen LogP contribution in [0.25, 0.3) is 16.7 Å². The van der Waals surface area contributed by atoms with Gasteiger partial charge in [-0.1, -0.05) is 49.2 Å². The van der Waals surface area contributed by atoms with E-state index in [2.05, 4.69) is 41.5 Å². The van der Waals surface area contributed by atoms with Gasteiger partial charge < -0.3 is 10.1 Å². The molecule has 0 bridgehead atoms.